The molecule has 2 aliphatic heterocycles. The largest absolute Gasteiger partial charge is 0.496 e. The molecule has 2 aliphatic rings. The van der Waals surface area contributed by atoms with Gasteiger partial charge in [-0.3, -0.25) is 0 Å². The summed E-state index contributed by atoms with van der Waals surface area (Å²) in [6.45, 7) is 9.27. The number of methoxy groups -OCH3 is 1. The highest BCUT2D eigenvalue weighted by Crippen LogP contribution is 2.36. The number of halogens is 1. The molecule has 0 saturated carbocycles. The van der Waals surface area contributed by atoms with Crippen molar-refractivity contribution in [2.24, 2.45) is 11.8 Å². The molecule has 2 heterocycles. The van der Waals surface area contributed by atoms with Gasteiger partial charge >= 0.3 is 6.09 Å². The van der Waals surface area contributed by atoms with Gasteiger partial charge in [0.2, 0.25) is 0 Å². The number of rotatable bonds is 2. The number of hydrogen-bond acceptors (Lipinski definition) is 4. The van der Waals surface area contributed by atoms with E-state index < -0.39 is 5.60 Å². The molecule has 2 saturated heterocycles. The first kappa shape index (κ1) is 17.6. The molecule has 3 rings (SSSR count). The number of anilines is 1. The van der Waals surface area contributed by atoms with E-state index in [1.807, 2.05) is 25.7 Å². The smallest absolute Gasteiger partial charge is 0.410 e. The number of amides is 1. The molecule has 132 valence electrons. The van der Waals surface area contributed by atoms with Gasteiger partial charge in [-0.25, -0.2) is 4.79 Å². The first-order chi connectivity index (χ1) is 11.3. The minimum atomic E-state index is -0.432. The fourth-order valence-corrected chi connectivity index (χ4v) is 4.08. The third kappa shape index (κ3) is 3.73. The molecule has 0 aromatic heterocycles. The van der Waals surface area contributed by atoms with Crippen molar-refractivity contribution < 1.29 is 14.3 Å². The number of carbonyl (C=O) groups excluding carboxylic acids is 1. The Morgan fingerprint density at radius 2 is 1.79 bits per heavy atom. The van der Waals surface area contributed by atoms with E-state index in [1.165, 1.54) is 5.69 Å². The summed E-state index contributed by atoms with van der Waals surface area (Å²) < 4.78 is 12.0. The van der Waals surface area contributed by atoms with Gasteiger partial charge in [0.05, 0.1) is 10.7 Å². The van der Waals surface area contributed by atoms with Crippen LogP contribution < -0.4 is 9.64 Å². The van der Waals surface area contributed by atoms with Crippen molar-refractivity contribution in [2.75, 3.05) is 38.2 Å². The standard InChI is InChI=1S/C18H25IN2O3/c1-18(2,3)24-17(22)21-10-12-8-20(9-13(12)11-21)14-5-6-15(19)16(7-14)23-4/h5-7,12-13H,8-11H2,1-4H3. The van der Waals surface area contributed by atoms with Crippen LogP contribution in [0.1, 0.15) is 20.8 Å². The van der Waals surface area contributed by atoms with Gasteiger partial charge in [0, 0.05) is 49.8 Å². The second kappa shape index (κ2) is 6.61. The van der Waals surface area contributed by atoms with Gasteiger partial charge in [-0.2, -0.15) is 0 Å². The van der Waals surface area contributed by atoms with E-state index in [0.717, 1.165) is 35.5 Å². The number of nitrogens with zero attached hydrogens (tertiary/aromatic N) is 2. The van der Waals surface area contributed by atoms with E-state index in [-0.39, 0.29) is 6.09 Å². The molecule has 1 amide bonds. The summed E-state index contributed by atoms with van der Waals surface area (Å²) in [5, 5.41) is 0. The molecular weight excluding hydrogens is 419 g/mol. The molecule has 1 aromatic carbocycles. The number of likely N-dealkylation sites (tertiary alicyclic amines) is 1. The van der Waals surface area contributed by atoms with E-state index in [4.69, 9.17) is 9.47 Å². The molecule has 2 unspecified atom stereocenters. The zero-order chi connectivity index (χ0) is 17.5. The van der Waals surface area contributed by atoms with Gasteiger partial charge in [-0.1, -0.05) is 0 Å². The Morgan fingerprint density at radius 1 is 1.17 bits per heavy atom. The van der Waals surface area contributed by atoms with Crippen molar-refractivity contribution in [1.82, 2.24) is 4.90 Å². The molecule has 0 radical (unpaired) electrons. The number of fused-ring (bicyclic) bond motifs is 1. The maximum Gasteiger partial charge on any atom is 0.410 e. The third-order valence-electron chi connectivity index (χ3n) is 4.64. The first-order valence-electron chi connectivity index (χ1n) is 8.33. The Labute approximate surface area is 157 Å². The minimum Gasteiger partial charge on any atom is -0.496 e. The molecule has 2 atom stereocenters. The molecule has 0 N–H and O–H groups in total. The van der Waals surface area contributed by atoms with E-state index in [1.54, 1.807) is 7.11 Å². The summed E-state index contributed by atoms with van der Waals surface area (Å²) in [6, 6.07) is 6.35. The lowest BCUT2D eigenvalue weighted by Gasteiger charge is -2.26. The highest BCUT2D eigenvalue weighted by atomic mass is 127. The van der Waals surface area contributed by atoms with Crippen LogP contribution in [-0.4, -0.2) is 49.9 Å². The van der Waals surface area contributed by atoms with Crippen molar-refractivity contribution in [2.45, 2.75) is 26.4 Å². The summed E-state index contributed by atoms with van der Waals surface area (Å²) in [5.74, 6) is 1.95. The lowest BCUT2D eigenvalue weighted by Crippen LogP contribution is -2.37. The van der Waals surface area contributed by atoms with Crippen molar-refractivity contribution >= 4 is 34.4 Å². The molecule has 5 nitrogen and oxygen atoms in total. The average molecular weight is 444 g/mol. The number of hydrogen-bond donors (Lipinski definition) is 0. The van der Waals surface area contributed by atoms with Crippen molar-refractivity contribution in [3.05, 3.63) is 21.8 Å². The van der Waals surface area contributed by atoms with Crippen LogP contribution in [0.25, 0.3) is 0 Å². The second-order valence-electron chi connectivity index (χ2n) is 7.63. The van der Waals surface area contributed by atoms with Crippen LogP contribution in [0.15, 0.2) is 18.2 Å². The van der Waals surface area contributed by atoms with Crippen LogP contribution in [0.2, 0.25) is 0 Å². The highest BCUT2D eigenvalue weighted by Gasteiger charge is 2.42. The van der Waals surface area contributed by atoms with Gasteiger partial charge in [-0.05, 0) is 55.5 Å². The normalized spacial score (nSPS) is 23.4. The molecule has 0 aliphatic carbocycles. The summed E-state index contributed by atoms with van der Waals surface area (Å²) in [6.07, 6.45) is -0.181. The van der Waals surface area contributed by atoms with Crippen LogP contribution >= 0.6 is 22.6 Å². The Balaban J connectivity index is 1.62. The summed E-state index contributed by atoms with van der Waals surface area (Å²) >= 11 is 2.29. The van der Waals surface area contributed by atoms with E-state index in [2.05, 4.69) is 45.7 Å². The summed E-state index contributed by atoms with van der Waals surface area (Å²) in [4.78, 5) is 16.5. The van der Waals surface area contributed by atoms with Crippen LogP contribution in [0.3, 0.4) is 0 Å². The number of benzene rings is 1. The Morgan fingerprint density at radius 3 is 2.33 bits per heavy atom. The molecule has 6 heteroatoms. The SMILES string of the molecule is COc1cc(N2CC3CN(C(=O)OC(C)(C)C)CC3C2)ccc1I. The second-order valence-corrected chi connectivity index (χ2v) is 8.79. The van der Waals surface area contributed by atoms with Crippen molar-refractivity contribution in [1.29, 1.82) is 0 Å². The fraction of sp³-hybridized carbons (Fsp3) is 0.611. The van der Waals surface area contributed by atoms with Gasteiger partial charge in [0.1, 0.15) is 11.4 Å². The molecule has 24 heavy (non-hydrogen) atoms. The fourth-order valence-electron chi connectivity index (χ4n) is 3.52. The van der Waals surface area contributed by atoms with Crippen molar-refractivity contribution in [3.8, 4) is 5.75 Å². The zero-order valence-corrected chi connectivity index (χ0v) is 16.9. The first-order valence-corrected chi connectivity index (χ1v) is 9.41. The van der Waals surface area contributed by atoms with E-state index in [0.29, 0.717) is 11.8 Å². The van der Waals surface area contributed by atoms with Crippen LogP contribution in [0.4, 0.5) is 10.5 Å². The van der Waals surface area contributed by atoms with Gasteiger partial charge in [0.25, 0.3) is 0 Å². The van der Waals surface area contributed by atoms with E-state index in [9.17, 15) is 4.79 Å². The van der Waals surface area contributed by atoms with Crippen LogP contribution in [0.5, 0.6) is 5.75 Å². The summed E-state index contributed by atoms with van der Waals surface area (Å²) in [5.41, 5.74) is 0.768. The molecule has 0 bridgehead atoms. The highest BCUT2D eigenvalue weighted by molar-refractivity contribution is 14.1. The number of carbonyl (C=O) groups is 1. The minimum absolute atomic E-state index is 0.181. The van der Waals surface area contributed by atoms with Crippen LogP contribution in [-0.2, 0) is 4.74 Å². The lowest BCUT2D eigenvalue weighted by molar-refractivity contribution is 0.0282. The van der Waals surface area contributed by atoms with Gasteiger partial charge in [0.15, 0.2) is 0 Å². The quantitative estimate of drug-likeness (QED) is 0.654. The maximum atomic E-state index is 12.2. The molecule has 0 spiro atoms. The predicted octanol–water partition coefficient (Wildman–Crippen LogP) is 3.60. The Bertz CT molecular complexity index is 615. The lowest BCUT2D eigenvalue weighted by atomic mass is 10.0. The molecular formula is C18H25IN2O3. The Kier molecular flexibility index (Phi) is 4.86. The molecule has 2 fully saturated rings. The van der Waals surface area contributed by atoms with E-state index >= 15 is 0 Å². The monoisotopic (exact) mass is 444 g/mol. The topological polar surface area (TPSA) is 42.0 Å². The average Bonchev–Trinajstić information content (AvgIpc) is 3.04. The molecule has 1 aromatic rings. The number of ether oxygens (including phenoxy) is 2. The predicted molar refractivity (Wildman–Crippen MR) is 103 cm³/mol. The third-order valence-corrected chi connectivity index (χ3v) is 5.53. The van der Waals surface area contributed by atoms with Crippen molar-refractivity contribution in [3.63, 3.8) is 0 Å². The van der Waals surface area contributed by atoms with Gasteiger partial charge < -0.3 is 19.3 Å². The summed E-state index contributed by atoms with van der Waals surface area (Å²) in [7, 11) is 1.71. The van der Waals surface area contributed by atoms with Crippen LogP contribution in [0, 0.1) is 15.4 Å². The van der Waals surface area contributed by atoms with Gasteiger partial charge in [-0.15, -0.1) is 0 Å². The Hall–Kier alpha value is -1.18. The maximum absolute atomic E-state index is 12.2. The zero-order valence-electron chi connectivity index (χ0n) is 14.7.